The Kier molecular flexibility index (Phi) is 3.45. The summed E-state index contributed by atoms with van der Waals surface area (Å²) in [6, 6.07) is 0. The first kappa shape index (κ1) is 13.5. The molecule has 0 bridgehead atoms. The van der Waals surface area contributed by atoms with E-state index in [2.05, 4.69) is 15.0 Å². The number of nitrogens with zero attached hydrogens (tertiary/aromatic N) is 4. The van der Waals surface area contributed by atoms with Gasteiger partial charge in [-0.1, -0.05) is 23.8 Å². The highest BCUT2D eigenvalue weighted by Crippen LogP contribution is 2.23. The summed E-state index contributed by atoms with van der Waals surface area (Å²) >= 11 is 5.96. The first-order chi connectivity index (χ1) is 9.55. The van der Waals surface area contributed by atoms with Gasteiger partial charge >= 0.3 is 0 Å². The second-order valence-electron chi connectivity index (χ2n) is 5.03. The molecule has 0 amide bonds. The van der Waals surface area contributed by atoms with Gasteiger partial charge in [0.05, 0.1) is 12.9 Å². The predicted octanol–water partition coefficient (Wildman–Crippen LogP) is 2.19. The molecule has 0 aliphatic carbocycles. The Hall–Kier alpha value is -1.50. The molecule has 1 aliphatic rings. The number of aromatic nitrogens is 4. The summed E-state index contributed by atoms with van der Waals surface area (Å²) in [5, 5.41) is 0.368. The van der Waals surface area contributed by atoms with Crippen molar-refractivity contribution in [2.45, 2.75) is 32.3 Å². The maximum atomic E-state index is 5.96. The van der Waals surface area contributed by atoms with Crippen LogP contribution < -0.4 is 0 Å². The number of imidazole rings is 1. The van der Waals surface area contributed by atoms with Crippen molar-refractivity contribution >= 4 is 22.8 Å². The third-order valence-corrected chi connectivity index (χ3v) is 3.32. The van der Waals surface area contributed by atoms with E-state index in [9.17, 15) is 0 Å². The zero-order valence-electron chi connectivity index (χ0n) is 11.3. The van der Waals surface area contributed by atoms with Gasteiger partial charge in [-0.05, 0) is 13.8 Å². The maximum absolute atomic E-state index is 5.96. The van der Waals surface area contributed by atoms with Crippen LogP contribution in [0.1, 0.15) is 13.8 Å². The molecule has 0 aromatic carbocycles. The summed E-state index contributed by atoms with van der Waals surface area (Å²) in [5.41, 5.74) is 1.34. The number of ether oxygens (including phenoxy) is 2. The average Bonchev–Trinajstić information content (AvgIpc) is 2.95. The molecule has 1 saturated heterocycles. The summed E-state index contributed by atoms with van der Waals surface area (Å²) in [5.74, 6) is -0.503. The van der Waals surface area contributed by atoms with Crippen molar-refractivity contribution in [3.05, 3.63) is 30.0 Å². The molecule has 1 atom stereocenters. The van der Waals surface area contributed by atoms with Gasteiger partial charge in [-0.3, -0.25) is 0 Å². The smallest absolute Gasteiger partial charge is 0.165 e. The normalized spacial score (nSPS) is 22.1. The van der Waals surface area contributed by atoms with Crippen molar-refractivity contribution < 1.29 is 9.47 Å². The van der Waals surface area contributed by atoms with Crippen LogP contribution in [0.25, 0.3) is 11.2 Å². The highest BCUT2D eigenvalue weighted by atomic mass is 35.5. The number of fused-ring (bicyclic) bond motifs is 1. The lowest BCUT2D eigenvalue weighted by atomic mass is 10.3. The molecule has 7 heteroatoms. The molecular weight excluding hydrogens is 280 g/mol. The van der Waals surface area contributed by atoms with E-state index in [1.165, 1.54) is 6.33 Å². The fourth-order valence-electron chi connectivity index (χ4n) is 2.12. The van der Waals surface area contributed by atoms with Gasteiger partial charge in [0.2, 0.25) is 0 Å². The number of hydrogen-bond acceptors (Lipinski definition) is 5. The second-order valence-corrected chi connectivity index (χ2v) is 5.39. The molecule has 0 saturated carbocycles. The lowest BCUT2D eigenvalue weighted by Gasteiger charge is -2.15. The molecule has 6 nitrogen and oxygen atoms in total. The van der Waals surface area contributed by atoms with Crippen molar-refractivity contribution in [2.75, 3.05) is 6.61 Å². The third-order valence-electron chi connectivity index (χ3n) is 3.04. The molecule has 3 rings (SSSR count). The number of halogens is 1. The van der Waals surface area contributed by atoms with Crippen LogP contribution in [-0.4, -0.2) is 38.0 Å². The fourth-order valence-corrected chi connectivity index (χ4v) is 2.30. The zero-order valence-corrected chi connectivity index (χ0v) is 12.0. The lowest BCUT2D eigenvalue weighted by Crippen LogP contribution is -2.20. The molecule has 3 heterocycles. The third kappa shape index (κ3) is 2.67. The van der Waals surface area contributed by atoms with Crippen LogP contribution in [0.3, 0.4) is 0 Å². The first-order valence-electron chi connectivity index (χ1n) is 6.35. The Bertz CT molecular complexity index is 653. The zero-order chi connectivity index (χ0) is 14.2. The van der Waals surface area contributed by atoms with Crippen LogP contribution in [-0.2, 0) is 16.0 Å². The fraction of sp³-hybridized carbons (Fsp3) is 0.462. The molecular formula is C13H15ClN4O2. The summed E-state index contributed by atoms with van der Waals surface area (Å²) in [6.45, 7) is 5.03. The number of hydrogen-bond donors (Lipinski definition) is 0. The van der Waals surface area contributed by atoms with Crippen molar-refractivity contribution in [2.24, 2.45) is 0 Å². The molecule has 0 N–H and O–H groups in total. The first-order valence-corrected chi connectivity index (χ1v) is 6.73. The summed E-state index contributed by atoms with van der Waals surface area (Å²) in [7, 11) is 0. The molecule has 1 unspecified atom stereocenters. The Morgan fingerprint density at radius 2 is 2.30 bits per heavy atom. The Balaban J connectivity index is 1.70. The quantitative estimate of drug-likeness (QED) is 0.641. The number of rotatable bonds is 3. The summed E-state index contributed by atoms with van der Waals surface area (Å²) in [4.78, 5) is 12.3. The van der Waals surface area contributed by atoms with E-state index in [0.717, 1.165) is 5.65 Å². The highest BCUT2D eigenvalue weighted by Gasteiger charge is 2.30. The van der Waals surface area contributed by atoms with Crippen molar-refractivity contribution in [3.63, 3.8) is 0 Å². The van der Waals surface area contributed by atoms with Crippen molar-refractivity contribution in [1.82, 2.24) is 19.5 Å². The van der Waals surface area contributed by atoms with Gasteiger partial charge in [-0.15, -0.1) is 0 Å². The van der Waals surface area contributed by atoms with Gasteiger partial charge in [-0.25, -0.2) is 15.0 Å². The number of allylic oxidation sites excluding steroid dienone is 1. The van der Waals surface area contributed by atoms with Gasteiger partial charge < -0.3 is 14.0 Å². The maximum Gasteiger partial charge on any atom is 0.165 e. The van der Waals surface area contributed by atoms with Crippen molar-refractivity contribution in [3.8, 4) is 0 Å². The van der Waals surface area contributed by atoms with Crippen LogP contribution in [0.5, 0.6) is 0 Å². The standard InChI is InChI=1S/C13H15ClN4O2/c1-13(2)19-6-9(20-13)4-3-5-18-8-17-10-11(14)15-7-16-12(10)18/h3-4,7-9H,5-6H2,1-2H3/b4-3+. The Morgan fingerprint density at radius 1 is 1.45 bits per heavy atom. The molecule has 2 aromatic heterocycles. The molecule has 0 spiro atoms. The molecule has 1 fully saturated rings. The van der Waals surface area contributed by atoms with Crippen LogP contribution >= 0.6 is 11.6 Å². The Morgan fingerprint density at radius 3 is 3.05 bits per heavy atom. The van der Waals surface area contributed by atoms with E-state index in [0.29, 0.717) is 23.8 Å². The highest BCUT2D eigenvalue weighted by molar-refractivity contribution is 6.33. The average molecular weight is 295 g/mol. The van der Waals surface area contributed by atoms with Crippen LogP contribution in [0.4, 0.5) is 0 Å². The molecule has 2 aromatic rings. The van der Waals surface area contributed by atoms with E-state index in [4.69, 9.17) is 21.1 Å². The largest absolute Gasteiger partial charge is 0.347 e. The van der Waals surface area contributed by atoms with Gasteiger partial charge in [-0.2, -0.15) is 0 Å². The second kappa shape index (κ2) is 5.12. The minimum atomic E-state index is -0.503. The van der Waals surface area contributed by atoms with Crippen LogP contribution in [0, 0.1) is 0 Å². The van der Waals surface area contributed by atoms with E-state index < -0.39 is 5.79 Å². The predicted molar refractivity (Wildman–Crippen MR) is 74.4 cm³/mol. The monoisotopic (exact) mass is 294 g/mol. The summed E-state index contributed by atoms with van der Waals surface area (Å²) in [6.07, 6.45) is 7.11. The van der Waals surface area contributed by atoms with Gasteiger partial charge in [0.25, 0.3) is 0 Å². The summed E-state index contributed by atoms with van der Waals surface area (Å²) < 4.78 is 13.1. The van der Waals surface area contributed by atoms with E-state index in [1.54, 1.807) is 6.33 Å². The minimum Gasteiger partial charge on any atom is -0.347 e. The topological polar surface area (TPSA) is 62.1 Å². The van der Waals surface area contributed by atoms with Crippen LogP contribution in [0.2, 0.25) is 5.15 Å². The van der Waals surface area contributed by atoms with Crippen molar-refractivity contribution in [1.29, 1.82) is 0 Å². The van der Waals surface area contributed by atoms with E-state index >= 15 is 0 Å². The molecule has 1 aliphatic heterocycles. The van der Waals surface area contributed by atoms with Crippen LogP contribution in [0.15, 0.2) is 24.8 Å². The van der Waals surface area contributed by atoms with E-state index in [1.807, 2.05) is 30.6 Å². The minimum absolute atomic E-state index is 0.0157. The SMILES string of the molecule is CC1(C)OCC(/C=C/Cn2cnc3c(Cl)ncnc32)O1. The Labute approximate surface area is 121 Å². The van der Waals surface area contributed by atoms with Gasteiger partial charge in [0.1, 0.15) is 17.9 Å². The molecule has 20 heavy (non-hydrogen) atoms. The van der Waals surface area contributed by atoms with E-state index in [-0.39, 0.29) is 6.10 Å². The van der Waals surface area contributed by atoms with Gasteiger partial charge in [0, 0.05) is 6.54 Å². The lowest BCUT2D eigenvalue weighted by molar-refractivity contribution is -0.133. The molecule has 106 valence electrons. The molecule has 0 radical (unpaired) electrons. The van der Waals surface area contributed by atoms with Gasteiger partial charge in [0.15, 0.2) is 16.6 Å².